The zero-order valence-corrected chi connectivity index (χ0v) is 17.8. The van der Waals surface area contributed by atoms with Gasteiger partial charge in [-0.05, 0) is 38.0 Å². The molecule has 1 aliphatic heterocycles. The van der Waals surface area contributed by atoms with Gasteiger partial charge < -0.3 is 14.8 Å². The van der Waals surface area contributed by atoms with E-state index in [0.717, 1.165) is 19.3 Å². The van der Waals surface area contributed by atoms with Crippen molar-refractivity contribution >= 4 is 6.09 Å². The van der Waals surface area contributed by atoms with Crippen LogP contribution in [0, 0.1) is 23.2 Å². The minimum Gasteiger partial charge on any atom is -0.449 e. The Morgan fingerprint density at radius 1 is 1.30 bits per heavy atom. The molecule has 0 radical (unpaired) electrons. The molecule has 5 atom stereocenters. The number of unbranched alkanes of at least 4 members (excludes halogenated alkanes) is 1. The van der Waals surface area contributed by atoms with Gasteiger partial charge in [-0.25, -0.2) is 4.79 Å². The van der Waals surface area contributed by atoms with Gasteiger partial charge in [0.2, 0.25) is 0 Å². The standard InChI is InChI=1S/C23H39NO3/c1-5-6-12-20-21-16(2)13-17(3)23(14-26-20,18(21)4)15-27-22(25)24-19-10-8-7-9-11-19/h13,17-21H,5-12,14-15H2,1-4H3,(H,24,25)/t17-,18+,20+,21+,23+/m0/s1. The monoisotopic (exact) mass is 377 g/mol. The van der Waals surface area contributed by atoms with Crippen LogP contribution >= 0.6 is 0 Å². The molecule has 154 valence electrons. The van der Waals surface area contributed by atoms with Crippen molar-refractivity contribution in [3.05, 3.63) is 11.6 Å². The van der Waals surface area contributed by atoms with E-state index in [1.165, 1.54) is 37.7 Å². The first-order chi connectivity index (χ1) is 13.0. The third-order valence-electron chi connectivity index (χ3n) is 7.60. The summed E-state index contributed by atoms with van der Waals surface area (Å²) in [6.45, 7) is 10.2. The summed E-state index contributed by atoms with van der Waals surface area (Å²) in [5.41, 5.74) is 1.36. The third-order valence-corrected chi connectivity index (χ3v) is 7.60. The van der Waals surface area contributed by atoms with E-state index in [2.05, 4.69) is 39.1 Å². The molecule has 0 aromatic rings. The van der Waals surface area contributed by atoms with Gasteiger partial charge >= 0.3 is 6.09 Å². The molecule has 2 bridgehead atoms. The number of carbonyl (C=O) groups excluding carboxylic acids is 1. The molecule has 1 N–H and O–H groups in total. The van der Waals surface area contributed by atoms with Crippen LogP contribution < -0.4 is 5.32 Å². The van der Waals surface area contributed by atoms with E-state index in [0.29, 0.717) is 43.1 Å². The van der Waals surface area contributed by atoms with Crippen LogP contribution in [0.1, 0.15) is 79.1 Å². The second kappa shape index (κ2) is 8.98. The van der Waals surface area contributed by atoms with E-state index in [1.54, 1.807) is 0 Å². The van der Waals surface area contributed by atoms with Crippen LogP contribution in [-0.2, 0) is 9.47 Å². The van der Waals surface area contributed by atoms with E-state index < -0.39 is 0 Å². The highest BCUT2D eigenvalue weighted by Gasteiger charge is 2.53. The van der Waals surface area contributed by atoms with Crippen molar-refractivity contribution in [2.75, 3.05) is 13.2 Å². The van der Waals surface area contributed by atoms with E-state index in [4.69, 9.17) is 9.47 Å². The summed E-state index contributed by atoms with van der Waals surface area (Å²) in [6.07, 6.45) is 11.9. The Kier molecular flexibility index (Phi) is 6.88. The molecule has 0 aromatic heterocycles. The van der Waals surface area contributed by atoms with Crippen molar-refractivity contribution in [3.8, 4) is 0 Å². The lowest BCUT2D eigenvalue weighted by Gasteiger charge is -2.55. The molecule has 3 rings (SSSR count). The molecule has 2 aliphatic carbocycles. The number of hydrogen-bond acceptors (Lipinski definition) is 3. The van der Waals surface area contributed by atoms with Crippen molar-refractivity contribution in [2.45, 2.75) is 91.2 Å². The summed E-state index contributed by atoms with van der Waals surface area (Å²) in [6, 6.07) is 0.292. The highest BCUT2D eigenvalue weighted by Crippen LogP contribution is 2.53. The molecule has 4 nitrogen and oxygen atoms in total. The van der Waals surface area contributed by atoms with Gasteiger partial charge in [0.25, 0.3) is 0 Å². The molecule has 3 aliphatic rings. The van der Waals surface area contributed by atoms with E-state index in [9.17, 15) is 4.79 Å². The molecule has 1 heterocycles. The molecule has 0 spiro atoms. The van der Waals surface area contributed by atoms with Crippen LogP contribution in [0.25, 0.3) is 0 Å². The predicted molar refractivity (Wildman–Crippen MR) is 109 cm³/mol. The Morgan fingerprint density at radius 3 is 2.74 bits per heavy atom. The van der Waals surface area contributed by atoms with Crippen LogP contribution in [0.5, 0.6) is 0 Å². The van der Waals surface area contributed by atoms with Crippen molar-refractivity contribution < 1.29 is 14.3 Å². The van der Waals surface area contributed by atoms with Crippen LogP contribution in [-0.4, -0.2) is 31.5 Å². The van der Waals surface area contributed by atoms with Gasteiger partial charge in [0.15, 0.2) is 0 Å². The van der Waals surface area contributed by atoms with Gasteiger partial charge in [-0.2, -0.15) is 0 Å². The zero-order chi connectivity index (χ0) is 19.4. The van der Waals surface area contributed by atoms with Gasteiger partial charge in [0.1, 0.15) is 6.61 Å². The number of hydrogen-bond donors (Lipinski definition) is 1. The lowest BCUT2D eigenvalue weighted by atomic mass is 9.56. The Hall–Kier alpha value is -1.03. The number of rotatable bonds is 6. The maximum Gasteiger partial charge on any atom is 0.407 e. The van der Waals surface area contributed by atoms with Gasteiger partial charge in [0.05, 0.1) is 12.7 Å². The quantitative estimate of drug-likeness (QED) is 0.624. The van der Waals surface area contributed by atoms with Gasteiger partial charge in [-0.3, -0.25) is 0 Å². The lowest BCUT2D eigenvalue weighted by Crippen LogP contribution is -2.57. The van der Waals surface area contributed by atoms with Crippen LogP contribution in [0.15, 0.2) is 11.6 Å². The Labute approximate surface area is 165 Å². The van der Waals surface area contributed by atoms with E-state index in [-0.39, 0.29) is 11.5 Å². The molecule has 1 amide bonds. The van der Waals surface area contributed by atoms with Crippen LogP contribution in [0.3, 0.4) is 0 Å². The predicted octanol–water partition coefficient (Wildman–Crippen LogP) is 5.47. The summed E-state index contributed by atoms with van der Waals surface area (Å²) in [4.78, 5) is 12.4. The zero-order valence-electron chi connectivity index (χ0n) is 17.8. The fraction of sp³-hybridized carbons (Fsp3) is 0.870. The van der Waals surface area contributed by atoms with Crippen molar-refractivity contribution in [3.63, 3.8) is 0 Å². The smallest absolute Gasteiger partial charge is 0.407 e. The van der Waals surface area contributed by atoms with E-state index >= 15 is 0 Å². The SMILES string of the molecule is CCCC[C@H]1OC[C@]2(COC(=O)NC3CCCCC3)[C@H](C)[C@H]1C(C)=C[C@@H]2C. The first kappa shape index (κ1) is 20.7. The molecule has 4 heteroatoms. The Bertz CT molecular complexity index is 540. The van der Waals surface area contributed by atoms with Gasteiger partial charge in [0, 0.05) is 17.4 Å². The second-order valence-corrected chi connectivity index (χ2v) is 9.29. The number of nitrogens with one attached hydrogen (secondary N) is 1. The third kappa shape index (κ3) is 4.36. The minimum atomic E-state index is -0.244. The Morgan fingerprint density at radius 2 is 2.04 bits per heavy atom. The average molecular weight is 378 g/mol. The molecule has 0 unspecified atom stereocenters. The highest BCUT2D eigenvalue weighted by atomic mass is 16.6. The molecular formula is C23H39NO3. The summed E-state index contributed by atoms with van der Waals surface area (Å²) < 4.78 is 12.2. The molecule has 1 saturated carbocycles. The average Bonchev–Trinajstić information content (AvgIpc) is 2.65. The molecule has 0 aromatic carbocycles. The fourth-order valence-corrected chi connectivity index (χ4v) is 5.71. The van der Waals surface area contributed by atoms with Crippen molar-refractivity contribution in [1.82, 2.24) is 5.32 Å². The number of fused-ring (bicyclic) bond motifs is 2. The summed E-state index contributed by atoms with van der Waals surface area (Å²) >= 11 is 0. The number of amides is 1. The largest absolute Gasteiger partial charge is 0.449 e. The maximum absolute atomic E-state index is 12.4. The Balaban J connectivity index is 1.64. The second-order valence-electron chi connectivity index (χ2n) is 9.29. The van der Waals surface area contributed by atoms with Crippen molar-refractivity contribution in [2.24, 2.45) is 23.2 Å². The number of allylic oxidation sites excluding steroid dienone is 1. The normalized spacial score (nSPS) is 36.8. The molecule has 2 fully saturated rings. The highest BCUT2D eigenvalue weighted by molar-refractivity contribution is 5.67. The lowest BCUT2D eigenvalue weighted by molar-refractivity contribution is -0.165. The topological polar surface area (TPSA) is 47.6 Å². The van der Waals surface area contributed by atoms with E-state index in [1.807, 2.05) is 0 Å². The molecular weight excluding hydrogens is 338 g/mol. The van der Waals surface area contributed by atoms with Crippen molar-refractivity contribution in [1.29, 1.82) is 0 Å². The summed E-state index contributed by atoms with van der Waals surface area (Å²) in [5, 5.41) is 3.09. The number of carbonyl (C=O) groups is 1. The van der Waals surface area contributed by atoms with Crippen LogP contribution in [0.4, 0.5) is 4.79 Å². The number of ether oxygens (including phenoxy) is 2. The summed E-state index contributed by atoms with van der Waals surface area (Å²) in [7, 11) is 0. The maximum atomic E-state index is 12.4. The molecule has 1 saturated heterocycles. The van der Waals surface area contributed by atoms with Crippen LogP contribution in [0.2, 0.25) is 0 Å². The fourth-order valence-electron chi connectivity index (χ4n) is 5.71. The summed E-state index contributed by atoms with van der Waals surface area (Å²) in [5.74, 6) is 1.28. The van der Waals surface area contributed by atoms with Gasteiger partial charge in [-0.1, -0.05) is 64.5 Å². The van der Waals surface area contributed by atoms with Gasteiger partial charge in [-0.15, -0.1) is 0 Å². The first-order valence-corrected chi connectivity index (χ1v) is 11.2. The number of alkyl carbamates (subject to hydrolysis) is 1. The minimum absolute atomic E-state index is 0.100. The molecule has 27 heavy (non-hydrogen) atoms. The first-order valence-electron chi connectivity index (χ1n) is 11.2.